The molecule has 3 aromatic carbocycles. The second-order valence-electron chi connectivity index (χ2n) is 5.26. The van der Waals surface area contributed by atoms with Gasteiger partial charge in [-0.05, 0) is 18.4 Å². The van der Waals surface area contributed by atoms with Gasteiger partial charge in [0.15, 0.2) is 5.78 Å². The summed E-state index contributed by atoms with van der Waals surface area (Å²) >= 11 is 0. The van der Waals surface area contributed by atoms with Crippen molar-refractivity contribution in [3.8, 4) is 0 Å². The van der Waals surface area contributed by atoms with E-state index in [-0.39, 0.29) is 11.7 Å². The number of ketones is 1. The van der Waals surface area contributed by atoms with Crippen molar-refractivity contribution in [3.63, 3.8) is 0 Å². The molecule has 0 aliphatic rings. The maximum absolute atomic E-state index is 12.9. The fourth-order valence-corrected chi connectivity index (χ4v) is 2.72. The van der Waals surface area contributed by atoms with Crippen LogP contribution in [0.1, 0.15) is 33.2 Å². The summed E-state index contributed by atoms with van der Waals surface area (Å²) in [5.41, 5.74) is 1.70. The maximum atomic E-state index is 12.9. The van der Waals surface area contributed by atoms with Crippen LogP contribution in [0, 0.1) is 0 Å². The number of hydrogen-bond donors (Lipinski definition) is 1. The van der Waals surface area contributed by atoms with Crippen molar-refractivity contribution in [1.82, 2.24) is 5.32 Å². The Morgan fingerprint density at radius 2 is 1.48 bits per heavy atom. The molecule has 0 bridgehead atoms. The highest BCUT2D eigenvalue weighted by Gasteiger charge is 2.17. The van der Waals surface area contributed by atoms with E-state index in [0.29, 0.717) is 28.6 Å². The van der Waals surface area contributed by atoms with Crippen LogP contribution in [-0.2, 0) is 0 Å². The average molecular weight is 303 g/mol. The lowest BCUT2D eigenvalue weighted by molar-refractivity contribution is 0.0957. The Labute approximate surface area is 135 Å². The third-order valence-corrected chi connectivity index (χ3v) is 3.77. The van der Waals surface area contributed by atoms with E-state index in [1.165, 1.54) is 0 Å². The highest BCUT2D eigenvalue weighted by Crippen LogP contribution is 2.25. The molecular formula is C20H17NO2. The van der Waals surface area contributed by atoms with Gasteiger partial charge in [0.25, 0.3) is 5.91 Å². The summed E-state index contributed by atoms with van der Waals surface area (Å²) < 4.78 is 0. The number of nitrogens with one attached hydrogen (secondary N) is 1. The summed E-state index contributed by atoms with van der Waals surface area (Å²) in [6.07, 6.45) is 0. The Morgan fingerprint density at radius 1 is 0.826 bits per heavy atom. The minimum atomic E-state index is -0.161. The van der Waals surface area contributed by atoms with E-state index in [2.05, 4.69) is 5.32 Å². The van der Waals surface area contributed by atoms with E-state index in [0.717, 1.165) is 5.39 Å². The second kappa shape index (κ2) is 6.44. The first-order valence-electron chi connectivity index (χ1n) is 7.62. The maximum Gasteiger partial charge on any atom is 0.251 e. The second-order valence-corrected chi connectivity index (χ2v) is 5.26. The standard InChI is InChI=1S/C20H17NO2/c1-2-21-20(23)17-13-7-11-14-10-6-12-16(18(14)17)19(22)15-8-4-3-5-9-15/h3-13H,2H2,1H3,(H,21,23). The van der Waals surface area contributed by atoms with E-state index in [4.69, 9.17) is 0 Å². The number of benzene rings is 3. The number of fused-ring (bicyclic) bond motifs is 1. The molecule has 0 spiro atoms. The summed E-state index contributed by atoms with van der Waals surface area (Å²) in [4.78, 5) is 25.2. The lowest BCUT2D eigenvalue weighted by Crippen LogP contribution is -2.23. The molecule has 3 nitrogen and oxygen atoms in total. The summed E-state index contributed by atoms with van der Waals surface area (Å²) in [5.74, 6) is -0.237. The molecule has 23 heavy (non-hydrogen) atoms. The quantitative estimate of drug-likeness (QED) is 0.745. The van der Waals surface area contributed by atoms with Crippen molar-refractivity contribution in [2.24, 2.45) is 0 Å². The fraction of sp³-hybridized carbons (Fsp3) is 0.100. The zero-order valence-electron chi connectivity index (χ0n) is 12.9. The minimum absolute atomic E-state index is 0.0760. The molecule has 3 rings (SSSR count). The number of hydrogen-bond acceptors (Lipinski definition) is 2. The number of carbonyl (C=O) groups is 2. The predicted octanol–water partition coefficient (Wildman–Crippen LogP) is 3.82. The van der Waals surface area contributed by atoms with Gasteiger partial charge in [0, 0.05) is 28.6 Å². The molecule has 0 radical (unpaired) electrons. The number of amides is 1. The molecule has 0 aliphatic carbocycles. The average Bonchev–Trinajstić information content (AvgIpc) is 2.61. The molecule has 0 unspecified atom stereocenters. The van der Waals surface area contributed by atoms with Crippen molar-refractivity contribution in [2.75, 3.05) is 6.54 Å². The van der Waals surface area contributed by atoms with Gasteiger partial charge in [-0.3, -0.25) is 9.59 Å². The van der Waals surface area contributed by atoms with E-state index in [1.54, 1.807) is 24.3 Å². The van der Waals surface area contributed by atoms with Crippen LogP contribution in [0.3, 0.4) is 0 Å². The van der Waals surface area contributed by atoms with Crippen LogP contribution in [0.4, 0.5) is 0 Å². The molecule has 0 fully saturated rings. The smallest absolute Gasteiger partial charge is 0.251 e. The normalized spacial score (nSPS) is 10.5. The Kier molecular flexibility index (Phi) is 4.20. The van der Waals surface area contributed by atoms with Gasteiger partial charge < -0.3 is 5.32 Å². The zero-order chi connectivity index (χ0) is 16.2. The number of rotatable bonds is 4. The van der Waals surface area contributed by atoms with Crippen molar-refractivity contribution in [1.29, 1.82) is 0 Å². The molecule has 1 amide bonds. The first-order chi connectivity index (χ1) is 11.2. The first kappa shape index (κ1) is 15.0. The summed E-state index contributed by atoms with van der Waals surface area (Å²) in [6.45, 7) is 2.42. The highest BCUT2D eigenvalue weighted by molar-refractivity contribution is 6.20. The zero-order valence-corrected chi connectivity index (χ0v) is 12.9. The lowest BCUT2D eigenvalue weighted by Gasteiger charge is -2.11. The Bertz CT molecular complexity index is 864. The van der Waals surface area contributed by atoms with Crippen LogP contribution in [0.25, 0.3) is 10.8 Å². The Hall–Kier alpha value is -2.94. The molecule has 0 atom stereocenters. The SMILES string of the molecule is CCNC(=O)c1cccc2cccc(C(=O)c3ccccc3)c12. The van der Waals surface area contributed by atoms with Crippen LogP contribution in [-0.4, -0.2) is 18.2 Å². The third kappa shape index (κ3) is 2.86. The molecule has 0 saturated heterocycles. The Morgan fingerprint density at radius 3 is 2.13 bits per heavy atom. The fourth-order valence-electron chi connectivity index (χ4n) is 2.72. The Balaban J connectivity index is 2.21. The van der Waals surface area contributed by atoms with Gasteiger partial charge in [-0.25, -0.2) is 0 Å². The van der Waals surface area contributed by atoms with Gasteiger partial charge >= 0.3 is 0 Å². The minimum Gasteiger partial charge on any atom is -0.352 e. The molecule has 3 aromatic rings. The molecule has 0 aliphatic heterocycles. The van der Waals surface area contributed by atoms with Gasteiger partial charge in [-0.2, -0.15) is 0 Å². The molecule has 0 saturated carbocycles. The van der Waals surface area contributed by atoms with Crippen molar-refractivity contribution in [3.05, 3.63) is 83.4 Å². The number of carbonyl (C=O) groups excluding carboxylic acids is 2. The third-order valence-electron chi connectivity index (χ3n) is 3.77. The van der Waals surface area contributed by atoms with Gasteiger partial charge in [-0.1, -0.05) is 60.7 Å². The van der Waals surface area contributed by atoms with E-state index < -0.39 is 0 Å². The van der Waals surface area contributed by atoms with Crippen molar-refractivity contribution >= 4 is 22.5 Å². The molecule has 3 heteroatoms. The summed E-state index contributed by atoms with van der Waals surface area (Å²) in [5, 5.41) is 4.40. The van der Waals surface area contributed by atoms with Gasteiger partial charge in [-0.15, -0.1) is 0 Å². The topological polar surface area (TPSA) is 46.2 Å². The molecular weight excluding hydrogens is 286 g/mol. The van der Waals surface area contributed by atoms with Gasteiger partial charge in [0.2, 0.25) is 0 Å². The van der Waals surface area contributed by atoms with Crippen LogP contribution < -0.4 is 5.32 Å². The summed E-state index contributed by atoms with van der Waals surface area (Å²) in [6, 6.07) is 20.2. The van der Waals surface area contributed by atoms with Crippen LogP contribution in [0.5, 0.6) is 0 Å². The first-order valence-corrected chi connectivity index (χ1v) is 7.62. The van der Waals surface area contributed by atoms with Gasteiger partial charge in [0.1, 0.15) is 0 Å². The molecule has 114 valence electrons. The predicted molar refractivity (Wildman–Crippen MR) is 91.8 cm³/mol. The van der Waals surface area contributed by atoms with Gasteiger partial charge in [0.05, 0.1) is 0 Å². The largest absolute Gasteiger partial charge is 0.352 e. The van der Waals surface area contributed by atoms with Crippen LogP contribution in [0.2, 0.25) is 0 Å². The van der Waals surface area contributed by atoms with E-state index >= 15 is 0 Å². The highest BCUT2D eigenvalue weighted by atomic mass is 16.1. The van der Waals surface area contributed by atoms with Crippen molar-refractivity contribution in [2.45, 2.75) is 6.92 Å². The summed E-state index contributed by atoms with van der Waals surface area (Å²) in [7, 11) is 0. The monoisotopic (exact) mass is 303 g/mol. The van der Waals surface area contributed by atoms with E-state index in [9.17, 15) is 9.59 Å². The molecule has 0 heterocycles. The van der Waals surface area contributed by atoms with Crippen LogP contribution >= 0.6 is 0 Å². The van der Waals surface area contributed by atoms with Crippen molar-refractivity contribution < 1.29 is 9.59 Å². The molecule has 1 N–H and O–H groups in total. The molecule has 0 aromatic heterocycles. The van der Waals surface area contributed by atoms with Crippen LogP contribution in [0.15, 0.2) is 66.7 Å². The van der Waals surface area contributed by atoms with E-state index in [1.807, 2.05) is 49.4 Å². The lowest BCUT2D eigenvalue weighted by atomic mass is 9.93.